The van der Waals surface area contributed by atoms with Crippen molar-refractivity contribution in [2.75, 3.05) is 5.32 Å². The van der Waals surface area contributed by atoms with Crippen LogP contribution < -0.4 is 10.6 Å². The maximum absolute atomic E-state index is 12.8. The second-order valence-corrected chi connectivity index (χ2v) is 6.88. The van der Waals surface area contributed by atoms with Crippen molar-refractivity contribution in [2.24, 2.45) is 0 Å². The summed E-state index contributed by atoms with van der Waals surface area (Å²) in [6.45, 7) is 0.162. The number of rotatable bonds is 3. The smallest absolute Gasteiger partial charge is 0.255 e. The van der Waals surface area contributed by atoms with Crippen LogP contribution in [0.2, 0.25) is 0 Å². The SMILES string of the molecule is N#Cc1cccc(C(=O)Nc2cccc3c2CN(C2CCC(=O)NC2=O)C3=O)c1. The normalized spacial score (nSPS) is 18.1. The summed E-state index contributed by atoms with van der Waals surface area (Å²) in [5.41, 5.74) is 2.20. The molecule has 1 fully saturated rings. The molecule has 2 aromatic rings. The molecular weight excluding hydrogens is 372 g/mol. The van der Waals surface area contributed by atoms with Gasteiger partial charge in [0.05, 0.1) is 11.6 Å². The molecule has 4 rings (SSSR count). The van der Waals surface area contributed by atoms with Crippen LogP contribution in [-0.4, -0.2) is 34.6 Å². The molecule has 0 aromatic heterocycles. The quantitative estimate of drug-likeness (QED) is 0.774. The number of fused-ring (bicyclic) bond motifs is 1. The lowest BCUT2D eigenvalue weighted by atomic mass is 10.0. The van der Waals surface area contributed by atoms with E-state index in [4.69, 9.17) is 5.26 Å². The molecule has 1 saturated heterocycles. The molecule has 0 aliphatic carbocycles. The van der Waals surface area contributed by atoms with E-state index in [9.17, 15) is 19.2 Å². The molecule has 4 amide bonds. The van der Waals surface area contributed by atoms with E-state index in [0.29, 0.717) is 27.9 Å². The number of hydrogen-bond donors (Lipinski definition) is 2. The largest absolute Gasteiger partial charge is 0.322 e. The van der Waals surface area contributed by atoms with Crippen molar-refractivity contribution in [1.29, 1.82) is 5.26 Å². The van der Waals surface area contributed by atoms with Crippen LogP contribution in [-0.2, 0) is 16.1 Å². The van der Waals surface area contributed by atoms with Gasteiger partial charge in [0, 0.05) is 35.3 Å². The summed E-state index contributed by atoms with van der Waals surface area (Å²) in [6.07, 6.45) is 0.447. The fourth-order valence-corrected chi connectivity index (χ4v) is 3.63. The Morgan fingerprint density at radius 1 is 1.17 bits per heavy atom. The number of benzene rings is 2. The lowest BCUT2D eigenvalue weighted by molar-refractivity contribution is -0.136. The minimum Gasteiger partial charge on any atom is -0.322 e. The number of nitriles is 1. The predicted molar refractivity (Wildman–Crippen MR) is 102 cm³/mol. The third kappa shape index (κ3) is 3.34. The van der Waals surface area contributed by atoms with Crippen molar-refractivity contribution in [1.82, 2.24) is 10.2 Å². The maximum atomic E-state index is 12.8. The van der Waals surface area contributed by atoms with E-state index >= 15 is 0 Å². The molecule has 2 aliphatic rings. The number of hydrogen-bond acceptors (Lipinski definition) is 5. The minimum atomic E-state index is -0.719. The first-order valence-corrected chi connectivity index (χ1v) is 9.06. The highest BCUT2D eigenvalue weighted by Gasteiger charge is 2.39. The van der Waals surface area contributed by atoms with Gasteiger partial charge < -0.3 is 10.2 Å². The summed E-state index contributed by atoms with van der Waals surface area (Å²) >= 11 is 0. The molecule has 2 aromatic carbocycles. The molecular formula is C21H16N4O4. The first-order valence-electron chi connectivity index (χ1n) is 9.06. The molecule has 0 radical (unpaired) electrons. The number of carbonyl (C=O) groups excluding carboxylic acids is 4. The fraction of sp³-hybridized carbons (Fsp3) is 0.190. The summed E-state index contributed by atoms with van der Waals surface area (Å²) < 4.78 is 0. The number of carbonyl (C=O) groups is 4. The third-order valence-corrected chi connectivity index (χ3v) is 5.08. The van der Waals surface area contributed by atoms with Gasteiger partial charge in [-0.3, -0.25) is 24.5 Å². The van der Waals surface area contributed by atoms with Crippen molar-refractivity contribution in [3.8, 4) is 6.07 Å². The molecule has 2 aliphatic heterocycles. The molecule has 2 N–H and O–H groups in total. The average Bonchev–Trinajstić information content (AvgIpc) is 3.05. The van der Waals surface area contributed by atoms with E-state index < -0.39 is 17.9 Å². The zero-order valence-corrected chi connectivity index (χ0v) is 15.3. The summed E-state index contributed by atoms with van der Waals surface area (Å²) in [6, 6.07) is 12.6. The van der Waals surface area contributed by atoms with Gasteiger partial charge in [0.1, 0.15) is 6.04 Å². The lowest BCUT2D eigenvalue weighted by Gasteiger charge is -2.29. The standard InChI is InChI=1S/C21H16N4O4/c22-10-12-3-1-4-13(9-12)19(27)23-16-6-2-5-14-15(16)11-25(21(14)29)17-7-8-18(26)24-20(17)28/h1-6,9,17H,7-8,11H2,(H,23,27)(H,24,26,28). The van der Waals surface area contributed by atoms with Crippen LogP contribution in [0.1, 0.15) is 44.7 Å². The molecule has 1 unspecified atom stereocenters. The molecule has 1 atom stereocenters. The van der Waals surface area contributed by atoms with Crippen LogP contribution in [0.3, 0.4) is 0 Å². The zero-order chi connectivity index (χ0) is 20.5. The van der Waals surface area contributed by atoms with Gasteiger partial charge in [-0.1, -0.05) is 12.1 Å². The molecule has 144 valence electrons. The minimum absolute atomic E-state index is 0.162. The Hall–Kier alpha value is -3.99. The zero-order valence-electron chi connectivity index (χ0n) is 15.3. The number of amides is 4. The summed E-state index contributed by atoms with van der Waals surface area (Å²) in [5.74, 6) is -1.54. The number of piperidine rings is 1. The molecule has 8 heteroatoms. The number of nitrogens with zero attached hydrogens (tertiary/aromatic N) is 2. The second-order valence-electron chi connectivity index (χ2n) is 6.88. The highest BCUT2D eigenvalue weighted by atomic mass is 16.2. The highest BCUT2D eigenvalue weighted by Crippen LogP contribution is 2.32. The molecule has 29 heavy (non-hydrogen) atoms. The lowest BCUT2D eigenvalue weighted by Crippen LogP contribution is -2.52. The predicted octanol–water partition coefficient (Wildman–Crippen LogP) is 1.57. The molecule has 2 heterocycles. The maximum Gasteiger partial charge on any atom is 0.255 e. The number of imide groups is 1. The van der Waals surface area contributed by atoms with Crippen LogP contribution in [0.15, 0.2) is 42.5 Å². The van der Waals surface area contributed by atoms with E-state index in [1.165, 1.54) is 11.0 Å². The molecule has 8 nitrogen and oxygen atoms in total. The topological polar surface area (TPSA) is 119 Å². The Balaban J connectivity index is 1.58. The monoisotopic (exact) mass is 388 g/mol. The Morgan fingerprint density at radius 2 is 1.97 bits per heavy atom. The van der Waals surface area contributed by atoms with E-state index in [0.717, 1.165) is 0 Å². The molecule has 0 spiro atoms. The van der Waals surface area contributed by atoms with Gasteiger partial charge in [0.25, 0.3) is 11.8 Å². The van der Waals surface area contributed by atoms with Crippen LogP contribution in [0.5, 0.6) is 0 Å². The Bertz CT molecular complexity index is 1100. The van der Waals surface area contributed by atoms with Gasteiger partial charge in [-0.2, -0.15) is 5.26 Å². The number of nitrogens with one attached hydrogen (secondary N) is 2. The first-order chi connectivity index (χ1) is 14.0. The fourth-order valence-electron chi connectivity index (χ4n) is 3.63. The second kappa shape index (κ2) is 7.20. The van der Waals surface area contributed by atoms with Crippen molar-refractivity contribution in [3.63, 3.8) is 0 Å². The van der Waals surface area contributed by atoms with Crippen molar-refractivity contribution in [3.05, 3.63) is 64.7 Å². The molecule has 0 saturated carbocycles. The van der Waals surface area contributed by atoms with Crippen LogP contribution in [0.25, 0.3) is 0 Å². The van der Waals surface area contributed by atoms with Crippen LogP contribution in [0.4, 0.5) is 5.69 Å². The van der Waals surface area contributed by atoms with E-state index in [1.807, 2.05) is 6.07 Å². The van der Waals surface area contributed by atoms with Gasteiger partial charge >= 0.3 is 0 Å². The van der Waals surface area contributed by atoms with E-state index in [1.54, 1.807) is 36.4 Å². The van der Waals surface area contributed by atoms with E-state index in [-0.39, 0.29) is 31.2 Å². The van der Waals surface area contributed by atoms with Crippen molar-refractivity contribution >= 4 is 29.3 Å². The number of anilines is 1. The third-order valence-electron chi connectivity index (χ3n) is 5.08. The van der Waals surface area contributed by atoms with Crippen molar-refractivity contribution < 1.29 is 19.2 Å². The van der Waals surface area contributed by atoms with Gasteiger partial charge in [-0.05, 0) is 36.8 Å². The summed E-state index contributed by atoms with van der Waals surface area (Å²) in [4.78, 5) is 50.4. The average molecular weight is 388 g/mol. The Morgan fingerprint density at radius 3 is 2.72 bits per heavy atom. The van der Waals surface area contributed by atoms with Gasteiger partial charge in [-0.25, -0.2) is 0 Å². The van der Waals surface area contributed by atoms with Gasteiger partial charge in [-0.15, -0.1) is 0 Å². The van der Waals surface area contributed by atoms with Crippen LogP contribution >= 0.6 is 0 Å². The summed E-state index contributed by atoms with van der Waals surface area (Å²) in [5, 5.41) is 14.1. The molecule has 0 bridgehead atoms. The first kappa shape index (κ1) is 18.4. The van der Waals surface area contributed by atoms with E-state index in [2.05, 4.69) is 10.6 Å². The highest BCUT2D eigenvalue weighted by molar-refractivity contribution is 6.08. The Labute approximate surface area is 166 Å². The van der Waals surface area contributed by atoms with Crippen molar-refractivity contribution in [2.45, 2.75) is 25.4 Å². The van der Waals surface area contributed by atoms with Crippen LogP contribution in [0, 0.1) is 11.3 Å². The van der Waals surface area contributed by atoms with Gasteiger partial charge in [0.15, 0.2) is 0 Å². The Kier molecular flexibility index (Phi) is 4.56. The summed E-state index contributed by atoms with van der Waals surface area (Å²) in [7, 11) is 0. The van der Waals surface area contributed by atoms with Gasteiger partial charge in [0.2, 0.25) is 11.8 Å².